The Balaban J connectivity index is 1.56. The fourth-order valence-electron chi connectivity index (χ4n) is 5.71. The van der Waals surface area contributed by atoms with Crippen LogP contribution in [0.4, 0.5) is 5.69 Å². The summed E-state index contributed by atoms with van der Waals surface area (Å²) in [6.07, 6.45) is 4.14. The van der Waals surface area contributed by atoms with Crippen LogP contribution < -0.4 is 9.62 Å². The van der Waals surface area contributed by atoms with E-state index in [0.29, 0.717) is 10.7 Å². The van der Waals surface area contributed by atoms with Crippen LogP contribution in [0.3, 0.4) is 0 Å². The molecule has 7 nitrogen and oxygen atoms in total. The quantitative estimate of drug-likeness (QED) is 0.190. The second-order valence-corrected chi connectivity index (χ2v) is 13.8. The minimum Gasteiger partial charge on any atom is -0.352 e. The van der Waals surface area contributed by atoms with Gasteiger partial charge in [0, 0.05) is 24.0 Å². The molecule has 9 heteroatoms. The predicted octanol–water partition coefficient (Wildman–Crippen LogP) is 6.54. The van der Waals surface area contributed by atoms with Crippen molar-refractivity contribution in [2.75, 3.05) is 10.8 Å². The molecular weight excluding hydrogens is 606 g/mol. The average molecular weight is 644 g/mol. The number of carbonyl (C=O) groups is 2. The number of aryl methyl sites for hydroxylation is 1. The van der Waals surface area contributed by atoms with Gasteiger partial charge in [-0.15, -0.1) is 0 Å². The van der Waals surface area contributed by atoms with Gasteiger partial charge < -0.3 is 10.2 Å². The van der Waals surface area contributed by atoms with Crippen LogP contribution in [0.5, 0.6) is 0 Å². The second kappa shape index (κ2) is 14.8. The van der Waals surface area contributed by atoms with Crippen molar-refractivity contribution in [3.8, 4) is 0 Å². The molecule has 1 atom stereocenters. The zero-order chi connectivity index (χ0) is 31.8. The number of amides is 2. The highest BCUT2D eigenvalue weighted by Crippen LogP contribution is 2.26. The molecule has 2 amide bonds. The SMILES string of the molecule is Cc1ccc(N(CC(=O)N(Cc2cccc(Cl)c2)[C@@H](Cc2ccccc2)C(=O)NC2CCCC2)S(=O)(=O)c2ccccc2)cc1. The summed E-state index contributed by atoms with van der Waals surface area (Å²) in [6, 6.07) is 30.9. The lowest BCUT2D eigenvalue weighted by molar-refractivity contribution is -0.140. The van der Waals surface area contributed by atoms with Crippen molar-refractivity contribution >= 4 is 39.1 Å². The van der Waals surface area contributed by atoms with Gasteiger partial charge in [0.2, 0.25) is 11.8 Å². The van der Waals surface area contributed by atoms with Gasteiger partial charge >= 0.3 is 0 Å². The van der Waals surface area contributed by atoms with Crippen LogP contribution in [0.1, 0.15) is 42.4 Å². The molecule has 1 fully saturated rings. The fraction of sp³-hybridized carbons (Fsp3) is 0.278. The number of nitrogens with zero attached hydrogens (tertiary/aromatic N) is 2. The largest absolute Gasteiger partial charge is 0.352 e. The Kier molecular flexibility index (Phi) is 10.6. The number of hydrogen-bond acceptors (Lipinski definition) is 4. The van der Waals surface area contributed by atoms with Crippen molar-refractivity contribution in [2.24, 2.45) is 0 Å². The molecule has 1 saturated carbocycles. The lowest BCUT2D eigenvalue weighted by Gasteiger charge is -2.34. The number of rotatable bonds is 12. The van der Waals surface area contributed by atoms with Crippen molar-refractivity contribution in [3.05, 3.63) is 131 Å². The molecule has 0 aliphatic heterocycles. The molecule has 234 valence electrons. The molecule has 0 aromatic heterocycles. The van der Waals surface area contributed by atoms with Crippen molar-refractivity contribution in [1.82, 2.24) is 10.2 Å². The van der Waals surface area contributed by atoms with Crippen molar-refractivity contribution in [2.45, 2.75) is 62.6 Å². The van der Waals surface area contributed by atoms with E-state index < -0.39 is 28.5 Å². The topological polar surface area (TPSA) is 86.8 Å². The average Bonchev–Trinajstić information content (AvgIpc) is 3.56. The molecule has 5 rings (SSSR count). The number of hydrogen-bond donors (Lipinski definition) is 1. The molecule has 4 aromatic rings. The second-order valence-electron chi connectivity index (χ2n) is 11.5. The van der Waals surface area contributed by atoms with Gasteiger partial charge in [0.05, 0.1) is 10.6 Å². The van der Waals surface area contributed by atoms with Crippen LogP contribution in [0.2, 0.25) is 5.02 Å². The number of nitrogens with one attached hydrogen (secondary N) is 1. The van der Waals surface area contributed by atoms with E-state index in [-0.39, 0.29) is 29.8 Å². The van der Waals surface area contributed by atoms with E-state index in [2.05, 4.69) is 5.32 Å². The van der Waals surface area contributed by atoms with Crippen LogP contribution >= 0.6 is 11.6 Å². The van der Waals surface area contributed by atoms with E-state index in [9.17, 15) is 18.0 Å². The van der Waals surface area contributed by atoms with Gasteiger partial charge in [-0.25, -0.2) is 8.42 Å². The summed E-state index contributed by atoms with van der Waals surface area (Å²) in [5.41, 5.74) is 2.93. The van der Waals surface area contributed by atoms with E-state index in [0.717, 1.165) is 46.7 Å². The molecular formula is C36H38ClN3O4S. The Morgan fingerprint density at radius 2 is 1.47 bits per heavy atom. The molecule has 45 heavy (non-hydrogen) atoms. The maximum Gasteiger partial charge on any atom is 0.264 e. The summed E-state index contributed by atoms with van der Waals surface area (Å²) in [7, 11) is -4.13. The zero-order valence-electron chi connectivity index (χ0n) is 25.3. The van der Waals surface area contributed by atoms with E-state index >= 15 is 0 Å². The number of carbonyl (C=O) groups excluding carboxylic acids is 2. The molecule has 0 heterocycles. The van der Waals surface area contributed by atoms with E-state index in [1.54, 1.807) is 48.5 Å². The van der Waals surface area contributed by atoms with Gasteiger partial charge in [0.1, 0.15) is 12.6 Å². The Morgan fingerprint density at radius 1 is 0.844 bits per heavy atom. The molecule has 0 saturated heterocycles. The van der Waals surface area contributed by atoms with Gasteiger partial charge in [0.15, 0.2) is 0 Å². The Hall–Kier alpha value is -4.14. The predicted molar refractivity (Wildman–Crippen MR) is 178 cm³/mol. The van der Waals surface area contributed by atoms with Gasteiger partial charge in [-0.1, -0.05) is 103 Å². The Morgan fingerprint density at radius 3 is 2.11 bits per heavy atom. The molecule has 1 aliphatic carbocycles. The van der Waals surface area contributed by atoms with E-state index in [1.165, 1.54) is 17.0 Å². The highest BCUT2D eigenvalue weighted by atomic mass is 35.5. The van der Waals surface area contributed by atoms with Gasteiger partial charge in [-0.3, -0.25) is 13.9 Å². The first kappa shape index (κ1) is 32.3. The third-order valence-electron chi connectivity index (χ3n) is 8.15. The smallest absolute Gasteiger partial charge is 0.264 e. The molecule has 1 N–H and O–H groups in total. The number of anilines is 1. The lowest BCUT2D eigenvalue weighted by Crippen LogP contribution is -2.54. The number of halogens is 1. The third kappa shape index (κ3) is 8.32. The monoisotopic (exact) mass is 643 g/mol. The summed E-state index contributed by atoms with van der Waals surface area (Å²) >= 11 is 6.33. The van der Waals surface area contributed by atoms with Gasteiger partial charge in [0.25, 0.3) is 10.0 Å². The molecule has 1 aliphatic rings. The summed E-state index contributed by atoms with van der Waals surface area (Å²) in [6.45, 7) is 1.49. The number of sulfonamides is 1. The van der Waals surface area contributed by atoms with Crippen LogP contribution in [0, 0.1) is 6.92 Å². The standard InChI is InChI=1S/C36H38ClN3O4S/c1-27-19-21-32(22-20-27)40(45(43,44)33-17-6-3-7-18-33)26-35(41)39(25-29-13-10-14-30(37)23-29)34(24-28-11-4-2-5-12-28)36(42)38-31-15-8-9-16-31/h2-7,10-14,17-23,31,34H,8-9,15-16,24-26H2,1H3,(H,38,42)/t34-/m0/s1. The summed E-state index contributed by atoms with van der Waals surface area (Å²) in [5.74, 6) is -0.758. The van der Waals surface area contributed by atoms with E-state index in [1.807, 2.05) is 55.5 Å². The van der Waals surface area contributed by atoms with Crippen molar-refractivity contribution < 1.29 is 18.0 Å². The summed E-state index contributed by atoms with van der Waals surface area (Å²) in [4.78, 5) is 30.2. The van der Waals surface area contributed by atoms with Crippen LogP contribution in [0.15, 0.2) is 114 Å². The molecule has 4 aromatic carbocycles. The van der Waals surface area contributed by atoms with Crippen molar-refractivity contribution in [1.29, 1.82) is 0 Å². The summed E-state index contributed by atoms with van der Waals surface area (Å²) < 4.78 is 29.3. The molecule has 0 unspecified atom stereocenters. The Labute approximate surface area is 270 Å². The highest BCUT2D eigenvalue weighted by molar-refractivity contribution is 7.92. The highest BCUT2D eigenvalue weighted by Gasteiger charge is 2.35. The summed E-state index contributed by atoms with van der Waals surface area (Å²) in [5, 5.41) is 3.69. The number of benzene rings is 4. The van der Waals surface area contributed by atoms with E-state index in [4.69, 9.17) is 11.6 Å². The lowest BCUT2D eigenvalue weighted by atomic mass is 10.0. The van der Waals surface area contributed by atoms with Gasteiger partial charge in [-0.2, -0.15) is 0 Å². The fourth-order valence-corrected chi connectivity index (χ4v) is 7.36. The molecule has 0 spiro atoms. The van der Waals surface area contributed by atoms with Crippen molar-refractivity contribution in [3.63, 3.8) is 0 Å². The Bertz CT molecular complexity index is 1690. The zero-order valence-corrected chi connectivity index (χ0v) is 26.9. The first-order chi connectivity index (χ1) is 21.7. The third-order valence-corrected chi connectivity index (χ3v) is 10.2. The molecule has 0 radical (unpaired) electrons. The maximum atomic E-state index is 14.5. The maximum absolute atomic E-state index is 14.5. The first-order valence-electron chi connectivity index (χ1n) is 15.2. The first-order valence-corrected chi connectivity index (χ1v) is 17.1. The van der Waals surface area contributed by atoms with Crippen LogP contribution in [-0.2, 0) is 32.6 Å². The minimum atomic E-state index is -4.13. The molecule has 0 bridgehead atoms. The van der Waals surface area contributed by atoms with Gasteiger partial charge in [-0.05, 0) is 67.3 Å². The minimum absolute atomic E-state index is 0.0430. The van der Waals surface area contributed by atoms with Crippen LogP contribution in [-0.4, -0.2) is 43.8 Å². The normalized spacial score (nSPS) is 14.1. The van der Waals surface area contributed by atoms with Crippen LogP contribution in [0.25, 0.3) is 0 Å².